The number of fused-ring (bicyclic) bond motifs is 1. The molecule has 0 radical (unpaired) electrons. The summed E-state index contributed by atoms with van der Waals surface area (Å²) >= 11 is 0. The number of hydrogen-bond acceptors (Lipinski definition) is 3. The SMILES string of the molecule is COc1ccccc1CC(=O)N1C[C@H]2[C@@H](C1)C(c1ccccc1)(c1ccccc1)CC[C@@H]2O. The van der Waals surface area contributed by atoms with Crippen molar-refractivity contribution in [1.29, 1.82) is 0 Å². The summed E-state index contributed by atoms with van der Waals surface area (Å²) in [4.78, 5) is 15.4. The molecule has 0 aromatic heterocycles. The highest BCUT2D eigenvalue weighted by Crippen LogP contribution is 2.53. The van der Waals surface area contributed by atoms with E-state index in [1.54, 1.807) is 7.11 Å². The molecule has 1 saturated heterocycles. The molecule has 3 aromatic rings. The van der Waals surface area contributed by atoms with E-state index in [4.69, 9.17) is 4.74 Å². The summed E-state index contributed by atoms with van der Waals surface area (Å²) in [6.07, 6.45) is 1.53. The van der Waals surface area contributed by atoms with Crippen LogP contribution in [0.2, 0.25) is 0 Å². The third kappa shape index (κ3) is 3.83. The Bertz CT molecular complexity index is 1060. The van der Waals surface area contributed by atoms with Crippen molar-refractivity contribution in [3.05, 3.63) is 102 Å². The lowest BCUT2D eigenvalue weighted by Gasteiger charge is -2.48. The lowest BCUT2D eigenvalue weighted by atomic mass is 9.56. The number of para-hydroxylation sites is 1. The van der Waals surface area contributed by atoms with Gasteiger partial charge in [-0.2, -0.15) is 0 Å². The zero-order valence-electron chi connectivity index (χ0n) is 19.1. The number of nitrogens with zero attached hydrogens (tertiary/aromatic N) is 1. The minimum atomic E-state index is -0.389. The van der Waals surface area contributed by atoms with Crippen LogP contribution in [-0.2, 0) is 16.6 Å². The van der Waals surface area contributed by atoms with Crippen LogP contribution in [0.1, 0.15) is 29.5 Å². The first-order valence-electron chi connectivity index (χ1n) is 11.8. The van der Waals surface area contributed by atoms with Crippen molar-refractivity contribution in [3.63, 3.8) is 0 Å². The first-order valence-corrected chi connectivity index (χ1v) is 11.8. The van der Waals surface area contributed by atoms with E-state index in [2.05, 4.69) is 60.7 Å². The van der Waals surface area contributed by atoms with E-state index >= 15 is 0 Å². The van der Waals surface area contributed by atoms with Gasteiger partial charge in [0, 0.05) is 30.0 Å². The van der Waals surface area contributed by atoms with Crippen molar-refractivity contribution in [1.82, 2.24) is 4.90 Å². The van der Waals surface area contributed by atoms with Gasteiger partial charge in [-0.15, -0.1) is 0 Å². The minimum Gasteiger partial charge on any atom is -0.496 e. The summed E-state index contributed by atoms with van der Waals surface area (Å²) in [5.74, 6) is 1.05. The van der Waals surface area contributed by atoms with Gasteiger partial charge in [0.2, 0.25) is 5.91 Å². The predicted octanol–water partition coefficient (Wildman–Crippen LogP) is 4.45. The summed E-state index contributed by atoms with van der Waals surface area (Å²) in [5, 5.41) is 11.0. The average molecular weight is 442 g/mol. The van der Waals surface area contributed by atoms with E-state index in [9.17, 15) is 9.90 Å². The van der Waals surface area contributed by atoms with Crippen LogP contribution < -0.4 is 4.74 Å². The number of carbonyl (C=O) groups excluding carboxylic acids is 1. The fraction of sp³-hybridized carbons (Fsp3) is 0.345. The number of ether oxygens (including phenoxy) is 1. The zero-order chi connectivity index (χ0) is 22.8. The predicted molar refractivity (Wildman–Crippen MR) is 129 cm³/mol. The maximum absolute atomic E-state index is 13.4. The Balaban J connectivity index is 1.50. The first-order chi connectivity index (χ1) is 16.1. The Labute approximate surface area is 195 Å². The fourth-order valence-electron chi connectivity index (χ4n) is 6.20. The van der Waals surface area contributed by atoms with Gasteiger partial charge in [0.25, 0.3) is 0 Å². The largest absolute Gasteiger partial charge is 0.496 e. The van der Waals surface area contributed by atoms with Gasteiger partial charge >= 0.3 is 0 Å². The molecule has 1 N–H and O–H groups in total. The van der Waals surface area contributed by atoms with Gasteiger partial charge in [-0.3, -0.25) is 4.79 Å². The van der Waals surface area contributed by atoms with Crippen LogP contribution in [0.15, 0.2) is 84.9 Å². The minimum absolute atomic E-state index is 0.0563. The Morgan fingerprint density at radius 2 is 1.55 bits per heavy atom. The fourth-order valence-corrected chi connectivity index (χ4v) is 6.20. The Morgan fingerprint density at radius 3 is 2.18 bits per heavy atom. The van der Waals surface area contributed by atoms with Gasteiger partial charge in [-0.25, -0.2) is 0 Å². The van der Waals surface area contributed by atoms with Gasteiger partial charge in [0.15, 0.2) is 0 Å². The normalized spacial score (nSPS) is 23.7. The number of rotatable bonds is 5. The second-order valence-electron chi connectivity index (χ2n) is 9.37. The van der Waals surface area contributed by atoms with Crippen LogP contribution in [0.4, 0.5) is 0 Å². The molecule has 4 nitrogen and oxygen atoms in total. The molecule has 0 bridgehead atoms. The van der Waals surface area contributed by atoms with E-state index in [-0.39, 0.29) is 29.3 Å². The summed E-state index contributed by atoms with van der Waals surface area (Å²) in [6, 6.07) is 29.0. The highest BCUT2D eigenvalue weighted by Gasteiger charge is 2.55. The van der Waals surface area contributed by atoms with Gasteiger partial charge in [-0.05, 0) is 36.0 Å². The standard InChI is InChI=1S/C29H31NO3/c1-33-27-15-9-8-10-21(27)18-28(32)30-19-24-25(20-30)29(17-16-26(24)31,22-11-4-2-5-12-22)23-13-6-3-7-14-23/h2-15,24-26,31H,16-20H2,1H3/t24-,25+,26-/m0/s1. The van der Waals surface area contributed by atoms with E-state index in [0.29, 0.717) is 19.5 Å². The molecular formula is C29H31NO3. The molecule has 1 aliphatic heterocycles. The zero-order valence-corrected chi connectivity index (χ0v) is 19.1. The molecule has 1 amide bonds. The van der Waals surface area contributed by atoms with E-state index in [1.165, 1.54) is 11.1 Å². The van der Waals surface area contributed by atoms with Crippen LogP contribution in [0.5, 0.6) is 5.75 Å². The van der Waals surface area contributed by atoms with Crippen LogP contribution in [-0.4, -0.2) is 42.2 Å². The Kier molecular flexibility index (Phi) is 5.94. The van der Waals surface area contributed by atoms with Crippen molar-refractivity contribution in [3.8, 4) is 5.75 Å². The molecule has 3 aromatic carbocycles. The first kappa shape index (κ1) is 21.7. The molecule has 2 aliphatic rings. The highest BCUT2D eigenvalue weighted by atomic mass is 16.5. The number of aliphatic hydroxyl groups excluding tert-OH is 1. The quantitative estimate of drug-likeness (QED) is 0.636. The number of benzene rings is 3. The number of methoxy groups -OCH3 is 1. The lowest BCUT2D eigenvalue weighted by Crippen LogP contribution is -2.48. The van der Waals surface area contributed by atoms with Gasteiger partial charge < -0.3 is 14.7 Å². The number of aliphatic hydroxyl groups is 1. The molecule has 1 saturated carbocycles. The molecule has 2 fully saturated rings. The molecule has 0 spiro atoms. The van der Waals surface area contributed by atoms with Gasteiger partial charge in [-0.1, -0.05) is 78.9 Å². The number of carbonyl (C=O) groups is 1. The molecule has 170 valence electrons. The summed E-state index contributed by atoms with van der Waals surface area (Å²) < 4.78 is 5.46. The molecule has 33 heavy (non-hydrogen) atoms. The van der Waals surface area contributed by atoms with E-state index < -0.39 is 0 Å². The second kappa shape index (κ2) is 9.03. The number of hydrogen-bond donors (Lipinski definition) is 1. The van der Waals surface area contributed by atoms with Crippen LogP contribution in [0.25, 0.3) is 0 Å². The third-order valence-electron chi connectivity index (χ3n) is 7.79. The smallest absolute Gasteiger partial charge is 0.227 e. The maximum Gasteiger partial charge on any atom is 0.227 e. The third-order valence-corrected chi connectivity index (χ3v) is 7.79. The van der Waals surface area contributed by atoms with Crippen molar-refractivity contribution in [2.24, 2.45) is 11.8 Å². The maximum atomic E-state index is 13.4. The summed E-state index contributed by atoms with van der Waals surface area (Å²) in [7, 11) is 1.64. The van der Waals surface area contributed by atoms with Crippen LogP contribution in [0.3, 0.4) is 0 Å². The molecule has 3 atom stereocenters. The summed E-state index contributed by atoms with van der Waals surface area (Å²) in [5.41, 5.74) is 3.23. The van der Waals surface area contributed by atoms with Crippen LogP contribution >= 0.6 is 0 Å². The van der Waals surface area contributed by atoms with Crippen molar-refractivity contribution in [2.75, 3.05) is 20.2 Å². The second-order valence-corrected chi connectivity index (χ2v) is 9.37. The number of likely N-dealkylation sites (tertiary alicyclic amines) is 1. The average Bonchev–Trinajstić information content (AvgIpc) is 3.33. The lowest BCUT2D eigenvalue weighted by molar-refractivity contribution is -0.129. The molecule has 1 aliphatic carbocycles. The van der Waals surface area contributed by atoms with Crippen molar-refractivity contribution >= 4 is 5.91 Å². The molecular weight excluding hydrogens is 410 g/mol. The van der Waals surface area contributed by atoms with Gasteiger partial charge in [0.05, 0.1) is 19.6 Å². The van der Waals surface area contributed by atoms with Gasteiger partial charge in [0.1, 0.15) is 5.75 Å². The van der Waals surface area contributed by atoms with E-state index in [1.807, 2.05) is 29.2 Å². The van der Waals surface area contributed by atoms with E-state index in [0.717, 1.165) is 24.2 Å². The molecule has 1 heterocycles. The topological polar surface area (TPSA) is 49.8 Å². The van der Waals surface area contributed by atoms with Crippen molar-refractivity contribution < 1.29 is 14.6 Å². The molecule has 4 heteroatoms. The highest BCUT2D eigenvalue weighted by molar-refractivity contribution is 5.80. The summed E-state index contributed by atoms with van der Waals surface area (Å²) in [6.45, 7) is 1.25. The monoisotopic (exact) mass is 441 g/mol. The Hall–Kier alpha value is -3.11. The van der Waals surface area contributed by atoms with Crippen LogP contribution in [0, 0.1) is 11.8 Å². The van der Waals surface area contributed by atoms with Crippen molar-refractivity contribution in [2.45, 2.75) is 30.8 Å². The molecule has 5 rings (SSSR count). The Morgan fingerprint density at radius 1 is 0.939 bits per heavy atom. The molecule has 0 unspecified atom stereocenters. The number of amides is 1.